The van der Waals surface area contributed by atoms with Crippen molar-refractivity contribution in [2.24, 2.45) is 0 Å². The second-order valence-electron chi connectivity index (χ2n) is 4.47. The molecule has 0 aliphatic heterocycles. The van der Waals surface area contributed by atoms with Crippen molar-refractivity contribution in [3.63, 3.8) is 0 Å². The van der Waals surface area contributed by atoms with Crippen LogP contribution in [0.4, 0.5) is 0 Å². The van der Waals surface area contributed by atoms with E-state index in [0.29, 0.717) is 11.3 Å². The molecule has 0 spiro atoms. The predicted molar refractivity (Wildman–Crippen MR) is 72.9 cm³/mol. The number of carbonyl (C=O) groups excluding carboxylic acids is 1. The van der Waals surface area contributed by atoms with Gasteiger partial charge in [0.05, 0.1) is 5.69 Å². The molecule has 2 aromatic carbocycles. The minimum atomic E-state index is 0.0319. The molecule has 1 heterocycles. The van der Waals surface area contributed by atoms with Crippen molar-refractivity contribution in [1.82, 2.24) is 4.98 Å². The normalized spacial score (nSPS) is 10.7. The molecule has 0 bridgehead atoms. The topological polar surface area (TPSA) is 32.9 Å². The van der Waals surface area contributed by atoms with Gasteiger partial charge in [-0.1, -0.05) is 42.0 Å². The zero-order valence-electron chi connectivity index (χ0n) is 10.1. The van der Waals surface area contributed by atoms with E-state index in [4.69, 9.17) is 0 Å². The monoisotopic (exact) mass is 235 g/mol. The summed E-state index contributed by atoms with van der Waals surface area (Å²) < 4.78 is 0. The van der Waals surface area contributed by atoms with Crippen molar-refractivity contribution in [2.45, 2.75) is 6.92 Å². The molecule has 3 rings (SSSR count). The quantitative estimate of drug-likeness (QED) is 0.675. The number of benzene rings is 2. The zero-order valence-corrected chi connectivity index (χ0v) is 10.1. The van der Waals surface area contributed by atoms with Crippen LogP contribution >= 0.6 is 0 Å². The summed E-state index contributed by atoms with van der Waals surface area (Å²) in [6.07, 6.45) is 0. The number of rotatable bonds is 2. The van der Waals surface area contributed by atoms with Gasteiger partial charge in [-0.15, -0.1) is 0 Å². The van der Waals surface area contributed by atoms with Gasteiger partial charge in [-0.3, -0.25) is 4.79 Å². The van der Waals surface area contributed by atoms with E-state index in [-0.39, 0.29) is 5.78 Å². The Balaban J connectivity index is 2.07. The molecular weight excluding hydrogens is 222 g/mol. The molecule has 0 radical (unpaired) electrons. The summed E-state index contributed by atoms with van der Waals surface area (Å²) in [5, 5.41) is 1.08. The summed E-state index contributed by atoms with van der Waals surface area (Å²) in [7, 11) is 0. The SMILES string of the molecule is Cc1ccc2[nH]c(C(=O)c3ccccc3)cc2c1. The summed E-state index contributed by atoms with van der Waals surface area (Å²) in [6, 6.07) is 17.4. The molecule has 2 heteroatoms. The molecule has 1 aromatic heterocycles. The number of aromatic amines is 1. The van der Waals surface area contributed by atoms with Crippen molar-refractivity contribution in [3.8, 4) is 0 Å². The molecule has 3 aromatic rings. The highest BCUT2D eigenvalue weighted by Crippen LogP contribution is 2.19. The van der Waals surface area contributed by atoms with E-state index in [1.54, 1.807) is 0 Å². The lowest BCUT2D eigenvalue weighted by molar-refractivity contribution is 0.103. The standard InChI is InChI=1S/C16H13NO/c1-11-7-8-14-13(9-11)10-15(17-14)16(18)12-5-3-2-4-6-12/h2-10,17H,1H3. The molecular formula is C16H13NO. The fraction of sp³-hybridized carbons (Fsp3) is 0.0625. The first-order valence-corrected chi connectivity index (χ1v) is 5.93. The number of carbonyl (C=O) groups is 1. The average Bonchev–Trinajstić information content (AvgIpc) is 2.81. The van der Waals surface area contributed by atoms with E-state index in [1.165, 1.54) is 5.56 Å². The van der Waals surface area contributed by atoms with Crippen LogP contribution in [0.5, 0.6) is 0 Å². The van der Waals surface area contributed by atoms with Crippen LogP contribution in [0.3, 0.4) is 0 Å². The minimum absolute atomic E-state index is 0.0319. The van der Waals surface area contributed by atoms with Gasteiger partial charge in [-0.05, 0) is 25.1 Å². The number of ketones is 1. The van der Waals surface area contributed by atoms with Crippen LogP contribution in [0.15, 0.2) is 54.6 Å². The number of hydrogen-bond acceptors (Lipinski definition) is 1. The maximum Gasteiger partial charge on any atom is 0.209 e. The number of hydrogen-bond donors (Lipinski definition) is 1. The summed E-state index contributed by atoms with van der Waals surface area (Å²) in [5.74, 6) is 0.0319. The zero-order chi connectivity index (χ0) is 12.5. The van der Waals surface area contributed by atoms with Crippen molar-refractivity contribution in [2.75, 3.05) is 0 Å². The van der Waals surface area contributed by atoms with Crippen LogP contribution in [-0.2, 0) is 0 Å². The number of nitrogens with one attached hydrogen (secondary N) is 1. The first-order valence-electron chi connectivity index (χ1n) is 5.93. The summed E-state index contributed by atoms with van der Waals surface area (Å²) in [5.41, 5.74) is 3.54. The van der Waals surface area contributed by atoms with Crippen LogP contribution < -0.4 is 0 Å². The van der Waals surface area contributed by atoms with Crippen LogP contribution in [-0.4, -0.2) is 10.8 Å². The van der Waals surface area contributed by atoms with Crippen molar-refractivity contribution in [3.05, 3.63) is 71.4 Å². The minimum Gasteiger partial charge on any atom is -0.352 e. The van der Waals surface area contributed by atoms with Crippen LogP contribution in [0.1, 0.15) is 21.6 Å². The van der Waals surface area contributed by atoms with Crippen LogP contribution in [0.25, 0.3) is 10.9 Å². The Morgan fingerprint density at radius 2 is 1.78 bits per heavy atom. The molecule has 88 valence electrons. The molecule has 0 aliphatic carbocycles. The first kappa shape index (κ1) is 10.8. The highest BCUT2D eigenvalue weighted by atomic mass is 16.1. The van der Waals surface area contributed by atoms with Crippen molar-refractivity contribution in [1.29, 1.82) is 0 Å². The maximum absolute atomic E-state index is 12.3. The Morgan fingerprint density at radius 1 is 1.00 bits per heavy atom. The molecule has 18 heavy (non-hydrogen) atoms. The fourth-order valence-corrected chi connectivity index (χ4v) is 2.12. The lowest BCUT2D eigenvalue weighted by Crippen LogP contribution is -2.00. The van der Waals surface area contributed by atoms with Crippen molar-refractivity contribution >= 4 is 16.7 Å². The second kappa shape index (κ2) is 4.15. The Kier molecular flexibility index (Phi) is 2.49. The Hall–Kier alpha value is -2.35. The molecule has 1 N–H and O–H groups in total. The van der Waals surface area contributed by atoms with Crippen LogP contribution in [0, 0.1) is 6.92 Å². The lowest BCUT2D eigenvalue weighted by Gasteiger charge is -1.96. The van der Waals surface area contributed by atoms with Gasteiger partial charge in [-0.2, -0.15) is 0 Å². The maximum atomic E-state index is 12.3. The molecule has 0 amide bonds. The Bertz CT molecular complexity index is 710. The summed E-state index contributed by atoms with van der Waals surface area (Å²) >= 11 is 0. The summed E-state index contributed by atoms with van der Waals surface area (Å²) in [4.78, 5) is 15.4. The van der Waals surface area contributed by atoms with E-state index in [2.05, 4.69) is 11.1 Å². The Morgan fingerprint density at radius 3 is 2.56 bits per heavy atom. The van der Waals surface area contributed by atoms with E-state index in [0.717, 1.165) is 10.9 Å². The average molecular weight is 235 g/mol. The van der Waals surface area contributed by atoms with E-state index < -0.39 is 0 Å². The highest BCUT2D eigenvalue weighted by Gasteiger charge is 2.11. The smallest absolute Gasteiger partial charge is 0.209 e. The van der Waals surface area contributed by atoms with Gasteiger partial charge in [0.15, 0.2) is 0 Å². The first-order chi connectivity index (χ1) is 8.74. The lowest BCUT2D eigenvalue weighted by atomic mass is 10.1. The van der Waals surface area contributed by atoms with Gasteiger partial charge in [0.1, 0.15) is 0 Å². The third-order valence-electron chi connectivity index (χ3n) is 3.06. The number of aryl methyl sites for hydroxylation is 1. The van der Waals surface area contributed by atoms with E-state index >= 15 is 0 Å². The number of H-pyrrole nitrogens is 1. The largest absolute Gasteiger partial charge is 0.352 e. The third kappa shape index (κ3) is 1.82. The molecule has 0 atom stereocenters. The molecule has 0 fully saturated rings. The Labute approximate surface area is 105 Å². The molecule has 2 nitrogen and oxygen atoms in total. The summed E-state index contributed by atoms with van der Waals surface area (Å²) in [6.45, 7) is 2.05. The second-order valence-corrected chi connectivity index (χ2v) is 4.47. The number of aromatic nitrogens is 1. The van der Waals surface area contributed by atoms with Gasteiger partial charge in [0, 0.05) is 16.5 Å². The molecule has 0 unspecified atom stereocenters. The van der Waals surface area contributed by atoms with Gasteiger partial charge in [0.2, 0.25) is 5.78 Å². The predicted octanol–water partition coefficient (Wildman–Crippen LogP) is 3.71. The van der Waals surface area contributed by atoms with Crippen LogP contribution in [0.2, 0.25) is 0 Å². The fourth-order valence-electron chi connectivity index (χ4n) is 2.12. The van der Waals surface area contributed by atoms with Gasteiger partial charge in [0.25, 0.3) is 0 Å². The van der Waals surface area contributed by atoms with E-state index in [1.807, 2.05) is 55.5 Å². The molecule has 0 aliphatic rings. The van der Waals surface area contributed by atoms with Crippen molar-refractivity contribution < 1.29 is 4.79 Å². The van der Waals surface area contributed by atoms with Gasteiger partial charge >= 0.3 is 0 Å². The van der Waals surface area contributed by atoms with Gasteiger partial charge < -0.3 is 4.98 Å². The molecule has 0 saturated carbocycles. The number of fused-ring (bicyclic) bond motifs is 1. The highest BCUT2D eigenvalue weighted by molar-refractivity contribution is 6.10. The van der Waals surface area contributed by atoms with E-state index in [9.17, 15) is 4.79 Å². The molecule has 0 saturated heterocycles. The third-order valence-corrected chi connectivity index (χ3v) is 3.06. The van der Waals surface area contributed by atoms with Gasteiger partial charge in [-0.25, -0.2) is 0 Å².